The zero-order chi connectivity index (χ0) is 23.9. The zero-order valence-electron chi connectivity index (χ0n) is 20.7. The standard InChI is InChI=1S/C13H9.C13H10.C8H11.Zr/c1-3-7-12-10(5-1)9-11-6-2-4-8-13(11)12;1-3-7-12(8-4-1)11-13-9-5-2-6-10-13;1-6-4-5-7(2)8(6)3;/h1-9H;1-10H;4H2,1-3H3;. The molecule has 0 N–H and O–H groups in total. The summed E-state index contributed by atoms with van der Waals surface area (Å²) in [4.78, 5) is 0. The molecule has 6 rings (SSSR count). The number of fused-ring (bicyclic) bond motifs is 3. The third kappa shape index (κ3) is 3.82. The predicted octanol–water partition coefficient (Wildman–Crippen LogP) is 8.66. The number of rotatable bonds is 4. The van der Waals surface area contributed by atoms with Crippen molar-refractivity contribution in [3.05, 3.63) is 151 Å². The summed E-state index contributed by atoms with van der Waals surface area (Å²) in [6, 6.07) is 40.9. The van der Waals surface area contributed by atoms with Gasteiger partial charge in [-0.1, -0.05) is 0 Å². The van der Waals surface area contributed by atoms with Gasteiger partial charge >= 0.3 is 218 Å². The second-order valence-corrected chi connectivity index (χ2v) is 16.0. The van der Waals surface area contributed by atoms with E-state index in [9.17, 15) is 0 Å². The van der Waals surface area contributed by atoms with E-state index in [1.54, 1.807) is 17.6 Å². The molecule has 0 amide bonds. The summed E-state index contributed by atoms with van der Waals surface area (Å²) in [6.07, 6.45) is 1.14. The Morgan fingerprint density at radius 2 is 1.03 bits per heavy atom. The van der Waals surface area contributed by atoms with Gasteiger partial charge in [0.25, 0.3) is 0 Å². The monoisotopic (exact) mass is 528 g/mol. The topological polar surface area (TPSA) is 0 Å². The van der Waals surface area contributed by atoms with Crippen LogP contribution in [-0.4, -0.2) is 3.21 Å². The molecule has 4 aromatic rings. The SMILES string of the molecule is CC1=C(C)C(C)=[C]([Zr](=[C](c2ccccc2)c2ccccc2)[CH]2c3ccccc3-c3ccccc32)C1. The van der Waals surface area contributed by atoms with Crippen LogP contribution in [0.5, 0.6) is 0 Å². The van der Waals surface area contributed by atoms with E-state index in [2.05, 4.69) is 130 Å². The Morgan fingerprint density at radius 3 is 1.49 bits per heavy atom. The van der Waals surface area contributed by atoms with Gasteiger partial charge in [0.2, 0.25) is 0 Å². The molecular formula is C34H30Zr. The molecule has 0 bridgehead atoms. The van der Waals surface area contributed by atoms with Crippen LogP contribution >= 0.6 is 0 Å². The van der Waals surface area contributed by atoms with Crippen LogP contribution in [0.4, 0.5) is 0 Å². The first-order valence-corrected chi connectivity index (χ1v) is 16.4. The van der Waals surface area contributed by atoms with Gasteiger partial charge in [-0.25, -0.2) is 0 Å². The normalized spacial score (nSPS) is 14.8. The molecule has 0 atom stereocenters. The fourth-order valence-electron chi connectivity index (χ4n) is 6.00. The van der Waals surface area contributed by atoms with Gasteiger partial charge in [0, 0.05) is 0 Å². The minimum atomic E-state index is -2.60. The number of hydrogen-bond acceptors (Lipinski definition) is 0. The first kappa shape index (κ1) is 22.6. The van der Waals surface area contributed by atoms with Crippen molar-refractivity contribution < 1.29 is 21.3 Å². The first-order chi connectivity index (χ1) is 17.1. The quantitative estimate of drug-likeness (QED) is 0.248. The number of benzene rings is 4. The average molecular weight is 530 g/mol. The Balaban J connectivity index is 1.75. The molecule has 2 aliphatic carbocycles. The summed E-state index contributed by atoms with van der Waals surface area (Å²) in [5, 5.41) is 0. The van der Waals surface area contributed by atoms with Crippen molar-refractivity contribution >= 4 is 3.21 Å². The van der Waals surface area contributed by atoms with E-state index in [4.69, 9.17) is 0 Å². The molecule has 2 aliphatic rings. The summed E-state index contributed by atoms with van der Waals surface area (Å²) >= 11 is -2.60. The predicted molar refractivity (Wildman–Crippen MR) is 146 cm³/mol. The maximum absolute atomic E-state index is 2.60. The number of allylic oxidation sites excluding steroid dienone is 4. The molecule has 0 aromatic heterocycles. The van der Waals surface area contributed by atoms with Crippen molar-refractivity contribution in [3.8, 4) is 11.1 Å². The van der Waals surface area contributed by atoms with Crippen LogP contribution in [-0.2, 0) is 21.3 Å². The molecule has 0 unspecified atom stereocenters. The van der Waals surface area contributed by atoms with Gasteiger partial charge in [0.1, 0.15) is 0 Å². The summed E-state index contributed by atoms with van der Waals surface area (Å²) in [5.41, 5.74) is 13.4. The molecule has 0 spiro atoms. The molecule has 170 valence electrons. The molecule has 0 nitrogen and oxygen atoms in total. The van der Waals surface area contributed by atoms with E-state index >= 15 is 0 Å². The van der Waals surface area contributed by atoms with Crippen molar-refractivity contribution in [2.75, 3.05) is 0 Å². The number of hydrogen-bond donors (Lipinski definition) is 0. The van der Waals surface area contributed by atoms with Gasteiger partial charge in [-0.3, -0.25) is 0 Å². The third-order valence-corrected chi connectivity index (χ3v) is 16.6. The first-order valence-electron chi connectivity index (χ1n) is 12.5. The molecule has 1 heteroatoms. The van der Waals surface area contributed by atoms with Crippen LogP contribution in [0, 0.1) is 0 Å². The molecular weight excluding hydrogens is 500 g/mol. The second-order valence-electron chi connectivity index (χ2n) is 9.81. The molecule has 4 aromatic carbocycles. The van der Waals surface area contributed by atoms with Gasteiger partial charge in [-0.15, -0.1) is 0 Å². The fourth-order valence-corrected chi connectivity index (χ4v) is 16.0. The van der Waals surface area contributed by atoms with Crippen LogP contribution in [0.15, 0.2) is 129 Å². The molecule has 0 saturated carbocycles. The van der Waals surface area contributed by atoms with E-state index in [1.807, 2.05) is 0 Å². The van der Waals surface area contributed by atoms with E-state index in [0.29, 0.717) is 3.63 Å². The molecule has 0 saturated heterocycles. The Kier molecular flexibility index (Phi) is 5.99. The van der Waals surface area contributed by atoms with Crippen molar-refractivity contribution in [2.45, 2.75) is 30.8 Å². The van der Waals surface area contributed by atoms with E-state index in [0.717, 1.165) is 6.42 Å². The zero-order valence-corrected chi connectivity index (χ0v) is 23.1. The van der Waals surface area contributed by atoms with Gasteiger partial charge in [0.15, 0.2) is 0 Å². The van der Waals surface area contributed by atoms with Crippen molar-refractivity contribution in [3.63, 3.8) is 0 Å². The fraction of sp³-hybridized carbons (Fsp3) is 0.147. The third-order valence-electron chi connectivity index (χ3n) is 7.94. The molecule has 0 aliphatic heterocycles. The summed E-state index contributed by atoms with van der Waals surface area (Å²) in [6.45, 7) is 7.07. The summed E-state index contributed by atoms with van der Waals surface area (Å²) in [5.74, 6) is 0. The van der Waals surface area contributed by atoms with Crippen molar-refractivity contribution in [1.29, 1.82) is 0 Å². The minimum absolute atomic E-state index is 0.476. The van der Waals surface area contributed by atoms with Gasteiger partial charge in [-0.2, -0.15) is 0 Å². The van der Waals surface area contributed by atoms with Crippen LogP contribution in [0.2, 0.25) is 0 Å². The summed E-state index contributed by atoms with van der Waals surface area (Å²) in [7, 11) is 0. The van der Waals surface area contributed by atoms with Crippen LogP contribution in [0.3, 0.4) is 0 Å². The maximum atomic E-state index is 2.41. The Labute approximate surface area is 216 Å². The van der Waals surface area contributed by atoms with E-state index < -0.39 is 21.3 Å². The van der Waals surface area contributed by atoms with Gasteiger partial charge < -0.3 is 0 Å². The van der Waals surface area contributed by atoms with E-state index in [-0.39, 0.29) is 0 Å². The molecule has 0 fully saturated rings. The molecule has 35 heavy (non-hydrogen) atoms. The van der Waals surface area contributed by atoms with Crippen LogP contribution in [0.1, 0.15) is 53.1 Å². The Bertz CT molecular complexity index is 1430. The molecule has 0 radical (unpaired) electrons. The molecule has 0 heterocycles. The average Bonchev–Trinajstić information content (AvgIpc) is 3.37. The van der Waals surface area contributed by atoms with E-state index in [1.165, 1.54) is 39.0 Å². The Hall–Kier alpha value is -2.89. The summed E-state index contributed by atoms with van der Waals surface area (Å²) < 4.78 is 3.87. The Morgan fingerprint density at radius 1 is 0.571 bits per heavy atom. The van der Waals surface area contributed by atoms with Crippen molar-refractivity contribution in [1.82, 2.24) is 0 Å². The van der Waals surface area contributed by atoms with Crippen molar-refractivity contribution in [2.24, 2.45) is 0 Å². The second kappa shape index (κ2) is 9.29. The van der Waals surface area contributed by atoms with Crippen LogP contribution < -0.4 is 0 Å². The van der Waals surface area contributed by atoms with Gasteiger partial charge in [-0.05, 0) is 0 Å². The van der Waals surface area contributed by atoms with Gasteiger partial charge in [0.05, 0.1) is 0 Å². The van der Waals surface area contributed by atoms with Crippen LogP contribution in [0.25, 0.3) is 11.1 Å².